The molecule has 5 nitrogen and oxygen atoms in total. The molecule has 28 heavy (non-hydrogen) atoms. The molecule has 2 aromatic carbocycles. The molecule has 0 fully saturated rings. The van der Waals surface area contributed by atoms with Gasteiger partial charge in [-0.05, 0) is 56.0 Å². The molecule has 1 heterocycles. The molecule has 1 unspecified atom stereocenters. The number of anilines is 1. The van der Waals surface area contributed by atoms with Crippen LogP contribution in [0.3, 0.4) is 0 Å². The quantitative estimate of drug-likeness (QED) is 0.764. The number of carbonyl (C=O) groups is 1. The highest BCUT2D eigenvalue weighted by atomic mass is 35.5. The van der Waals surface area contributed by atoms with Gasteiger partial charge in [0.1, 0.15) is 0 Å². The predicted octanol–water partition coefficient (Wildman–Crippen LogP) is 4.62. The van der Waals surface area contributed by atoms with Crippen LogP contribution in [0.15, 0.2) is 36.4 Å². The lowest BCUT2D eigenvalue weighted by molar-refractivity contribution is 0.201. The van der Waals surface area contributed by atoms with Gasteiger partial charge in [0.2, 0.25) is 0 Å². The molecule has 7 heteroatoms. The molecule has 0 bridgehead atoms. The number of para-hydroxylation sites is 1. The van der Waals surface area contributed by atoms with Crippen LogP contribution in [0.25, 0.3) is 0 Å². The minimum atomic E-state index is -0.956. The molecule has 1 N–H and O–H groups in total. The first-order chi connectivity index (χ1) is 13.3. The fourth-order valence-corrected chi connectivity index (χ4v) is 4.33. The number of hydrogen-bond donors (Lipinski definition) is 1. The van der Waals surface area contributed by atoms with Gasteiger partial charge in [-0.1, -0.05) is 41.4 Å². The third kappa shape index (κ3) is 4.44. The number of likely N-dealkylation sites (N-methyl/N-ethyl adjacent to an activating group) is 2. The van der Waals surface area contributed by atoms with Gasteiger partial charge in [-0.3, -0.25) is 4.90 Å². The predicted molar refractivity (Wildman–Crippen MR) is 115 cm³/mol. The summed E-state index contributed by atoms with van der Waals surface area (Å²) in [6.45, 7) is 2.54. The lowest BCUT2D eigenvalue weighted by Gasteiger charge is -2.35. The normalized spacial score (nSPS) is 16.9. The summed E-state index contributed by atoms with van der Waals surface area (Å²) in [5, 5.41) is 11.1. The Kier molecular flexibility index (Phi) is 6.50. The molecule has 1 amide bonds. The number of amides is 1. The standard InChI is InChI=1S/C21H25Cl2N3O2/c1-24(2)8-9-26(21(27)28)20-7-5-4-6-15(20)17-12-25(3)13-18-16(17)10-14(22)11-19(18)23/h4-7,10-11,17H,8-9,12-13H2,1-3H3,(H,27,28). The number of halogens is 2. The minimum absolute atomic E-state index is 0.0117. The average Bonchev–Trinajstić information content (AvgIpc) is 2.62. The van der Waals surface area contributed by atoms with Crippen LogP contribution in [0.5, 0.6) is 0 Å². The van der Waals surface area contributed by atoms with E-state index in [4.69, 9.17) is 23.2 Å². The Morgan fingerprint density at radius 1 is 1.18 bits per heavy atom. The molecule has 1 aliphatic rings. The molecule has 0 saturated carbocycles. The molecule has 0 aliphatic carbocycles. The van der Waals surface area contributed by atoms with E-state index in [0.717, 1.165) is 29.8 Å². The van der Waals surface area contributed by atoms with Crippen LogP contribution in [0.4, 0.5) is 10.5 Å². The Labute approximate surface area is 176 Å². The molecule has 1 atom stereocenters. The maximum atomic E-state index is 12.0. The van der Waals surface area contributed by atoms with Crippen molar-refractivity contribution in [1.82, 2.24) is 9.80 Å². The van der Waals surface area contributed by atoms with Gasteiger partial charge < -0.3 is 14.9 Å². The van der Waals surface area contributed by atoms with Crippen molar-refractivity contribution in [3.05, 3.63) is 63.1 Å². The molecular formula is C21H25Cl2N3O2. The maximum absolute atomic E-state index is 12.0. The van der Waals surface area contributed by atoms with Gasteiger partial charge in [0.05, 0.1) is 5.69 Å². The lowest BCUT2D eigenvalue weighted by Crippen LogP contribution is -2.37. The van der Waals surface area contributed by atoms with Gasteiger partial charge in [-0.15, -0.1) is 0 Å². The van der Waals surface area contributed by atoms with Gasteiger partial charge in [-0.25, -0.2) is 4.79 Å². The molecule has 0 radical (unpaired) electrons. The molecule has 0 spiro atoms. The molecule has 3 rings (SSSR count). The number of rotatable bonds is 5. The first-order valence-corrected chi connectivity index (χ1v) is 9.94. The fourth-order valence-electron chi connectivity index (χ4n) is 3.76. The topological polar surface area (TPSA) is 47.0 Å². The zero-order valence-electron chi connectivity index (χ0n) is 16.3. The average molecular weight is 422 g/mol. The van der Waals surface area contributed by atoms with Crippen molar-refractivity contribution < 1.29 is 9.90 Å². The van der Waals surface area contributed by atoms with Crippen molar-refractivity contribution in [1.29, 1.82) is 0 Å². The minimum Gasteiger partial charge on any atom is -0.465 e. The monoisotopic (exact) mass is 421 g/mol. The summed E-state index contributed by atoms with van der Waals surface area (Å²) >= 11 is 12.8. The number of fused-ring (bicyclic) bond motifs is 1. The van der Waals surface area contributed by atoms with E-state index < -0.39 is 6.09 Å². The SMILES string of the molecule is CN(C)CCN(C(=O)O)c1ccccc1C1CN(C)Cc2c(Cl)cc(Cl)cc21. The summed E-state index contributed by atoms with van der Waals surface area (Å²) in [6.07, 6.45) is -0.956. The van der Waals surface area contributed by atoms with Crippen molar-refractivity contribution in [3.8, 4) is 0 Å². The van der Waals surface area contributed by atoms with Crippen molar-refractivity contribution in [2.45, 2.75) is 12.5 Å². The molecule has 0 saturated heterocycles. The summed E-state index contributed by atoms with van der Waals surface area (Å²) in [5.74, 6) is -0.0117. The van der Waals surface area contributed by atoms with E-state index >= 15 is 0 Å². The van der Waals surface area contributed by atoms with Crippen LogP contribution in [0.2, 0.25) is 10.0 Å². The van der Waals surface area contributed by atoms with E-state index in [1.54, 1.807) is 6.07 Å². The third-order valence-corrected chi connectivity index (χ3v) is 5.65. The van der Waals surface area contributed by atoms with Crippen LogP contribution in [0, 0.1) is 0 Å². The van der Waals surface area contributed by atoms with E-state index in [0.29, 0.717) is 28.8 Å². The second-order valence-corrected chi connectivity index (χ2v) is 8.34. The number of benzene rings is 2. The summed E-state index contributed by atoms with van der Waals surface area (Å²) in [4.78, 5) is 17.6. The van der Waals surface area contributed by atoms with Gasteiger partial charge >= 0.3 is 6.09 Å². The van der Waals surface area contributed by atoms with Crippen LogP contribution in [-0.2, 0) is 6.54 Å². The highest BCUT2D eigenvalue weighted by molar-refractivity contribution is 6.35. The van der Waals surface area contributed by atoms with Crippen LogP contribution >= 0.6 is 23.2 Å². The Balaban J connectivity index is 2.09. The van der Waals surface area contributed by atoms with Crippen LogP contribution in [0.1, 0.15) is 22.6 Å². The van der Waals surface area contributed by atoms with E-state index in [9.17, 15) is 9.90 Å². The molecule has 1 aliphatic heterocycles. The molecule has 0 aromatic heterocycles. The van der Waals surface area contributed by atoms with E-state index in [-0.39, 0.29) is 5.92 Å². The molecule has 150 valence electrons. The largest absolute Gasteiger partial charge is 0.465 e. The number of carboxylic acid groups (broad SMARTS) is 1. The van der Waals surface area contributed by atoms with Crippen molar-refractivity contribution >= 4 is 35.0 Å². The second-order valence-electron chi connectivity index (χ2n) is 7.50. The van der Waals surface area contributed by atoms with Crippen LogP contribution in [-0.4, -0.2) is 61.8 Å². The fraction of sp³-hybridized carbons (Fsp3) is 0.381. The summed E-state index contributed by atoms with van der Waals surface area (Å²) in [6, 6.07) is 11.4. The van der Waals surface area contributed by atoms with Gasteiger partial charge in [0.25, 0.3) is 0 Å². The van der Waals surface area contributed by atoms with E-state index in [1.807, 2.05) is 56.4 Å². The Bertz CT molecular complexity index is 873. The summed E-state index contributed by atoms with van der Waals surface area (Å²) < 4.78 is 0. The van der Waals surface area contributed by atoms with Crippen LogP contribution < -0.4 is 4.90 Å². The second kappa shape index (κ2) is 8.70. The summed E-state index contributed by atoms with van der Waals surface area (Å²) in [7, 11) is 5.91. The van der Waals surface area contributed by atoms with E-state index in [2.05, 4.69) is 4.90 Å². The van der Waals surface area contributed by atoms with Crippen molar-refractivity contribution in [2.75, 3.05) is 45.7 Å². The Hall–Kier alpha value is -1.79. The van der Waals surface area contributed by atoms with Gasteiger partial charge in [0, 0.05) is 42.1 Å². The molecule has 2 aromatic rings. The third-order valence-electron chi connectivity index (χ3n) is 5.10. The highest BCUT2D eigenvalue weighted by Gasteiger charge is 2.30. The van der Waals surface area contributed by atoms with E-state index in [1.165, 1.54) is 4.90 Å². The highest BCUT2D eigenvalue weighted by Crippen LogP contribution is 2.41. The first kappa shape index (κ1) is 20.9. The Morgan fingerprint density at radius 2 is 1.89 bits per heavy atom. The smallest absolute Gasteiger partial charge is 0.411 e. The Morgan fingerprint density at radius 3 is 2.57 bits per heavy atom. The van der Waals surface area contributed by atoms with Gasteiger partial charge in [-0.2, -0.15) is 0 Å². The zero-order chi connectivity index (χ0) is 20.4. The first-order valence-electron chi connectivity index (χ1n) is 9.18. The lowest BCUT2D eigenvalue weighted by atomic mass is 9.83. The van der Waals surface area contributed by atoms with Crippen molar-refractivity contribution in [2.24, 2.45) is 0 Å². The summed E-state index contributed by atoms with van der Waals surface area (Å²) in [5.41, 5.74) is 3.80. The van der Waals surface area contributed by atoms with Gasteiger partial charge in [0.15, 0.2) is 0 Å². The zero-order valence-corrected chi connectivity index (χ0v) is 17.8. The molecular weight excluding hydrogens is 397 g/mol. The van der Waals surface area contributed by atoms with Crippen molar-refractivity contribution in [3.63, 3.8) is 0 Å². The number of nitrogens with zero attached hydrogens (tertiary/aromatic N) is 3. The number of hydrogen-bond acceptors (Lipinski definition) is 3. The maximum Gasteiger partial charge on any atom is 0.411 e.